The van der Waals surface area contributed by atoms with Crippen molar-refractivity contribution in [2.45, 2.75) is 11.4 Å². The van der Waals surface area contributed by atoms with E-state index in [1.165, 1.54) is 23.1 Å². The maximum absolute atomic E-state index is 13.0. The summed E-state index contributed by atoms with van der Waals surface area (Å²) in [7, 11) is 0. The summed E-state index contributed by atoms with van der Waals surface area (Å²) in [6.07, 6.45) is 2.01. The fourth-order valence-electron chi connectivity index (χ4n) is 1.67. The van der Waals surface area contributed by atoms with Gasteiger partial charge in [-0.15, -0.1) is 11.8 Å². The van der Waals surface area contributed by atoms with Crippen molar-refractivity contribution < 1.29 is 9.18 Å². The Kier molecular flexibility index (Phi) is 5.47. The molecule has 3 nitrogen and oxygen atoms in total. The van der Waals surface area contributed by atoms with E-state index in [1.807, 2.05) is 30.5 Å². The maximum atomic E-state index is 13.0. The van der Waals surface area contributed by atoms with Crippen LogP contribution in [0.25, 0.3) is 0 Å². The zero-order valence-electron chi connectivity index (χ0n) is 11.3. The van der Waals surface area contributed by atoms with E-state index in [0.29, 0.717) is 12.2 Å². The van der Waals surface area contributed by atoms with Crippen LogP contribution >= 0.6 is 23.4 Å². The van der Waals surface area contributed by atoms with Gasteiger partial charge in [-0.05, 0) is 42.2 Å². The van der Waals surface area contributed by atoms with Gasteiger partial charge >= 0.3 is 6.03 Å². The lowest BCUT2D eigenvalue weighted by Gasteiger charge is -2.08. The van der Waals surface area contributed by atoms with Crippen molar-refractivity contribution in [3.63, 3.8) is 0 Å². The molecule has 0 radical (unpaired) electrons. The first-order valence-corrected chi connectivity index (χ1v) is 7.81. The Balaban J connectivity index is 1.87. The van der Waals surface area contributed by atoms with E-state index < -0.39 is 5.82 Å². The summed E-state index contributed by atoms with van der Waals surface area (Å²) >= 11 is 7.31. The van der Waals surface area contributed by atoms with E-state index in [2.05, 4.69) is 10.6 Å². The molecule has 6 heteroatoms. The molecule has 2 aromatic carbocycles. The number of amides is 2. The van der Waals surface area contributed by atoms with Gasteiger partial charge in [-0.2, -0.15) is 0 Å². The van der Waals surface area contributed by atoms with Crippen molar-refractivity contribution in [2.24, 2.45) is 0 Å². The molecule has 0 atom stereocenters. The number of hydrogen-bond acceptors (Lipinski definition) is 2. The molecule has 0 aliphatic rings. The van der Waals surface area contributed by atoms with E-state index in [0.717, 1.165) is 5.56 Å². The molecule has 0 heterocycles. The predicted molar refractivity (Wildman–Crippen MR) is 85.5 cm³/mol. The van der Waals surface area contributed by atoms with Crippen LogP contribution in [0.15, 0.2) is 47.4 Å². The van der Waals surface area contributed by atoms with Crippen LogP contribution in [0, 0.1) is 5.82 Å². The van der Waals surface area contributed by atoms with Crippen LogP contribution in [0.3, 0.4) is 0 Å². The van der Waals surface area contributed by atoms with Crippen molar-refractivity contribution in [3.05, 3.63) is 58.9 Å². The van der Waals surface area contributed by atoms with E-state index in [4.69, 9.17) is 11.6 Å². The minimum absolute atomic E-state index is 0.0274. The number of halogens is 2. The third-order valence-electron chi connectivity index (χ3n) is 2.79. The zero-order valence-corrected chi connectivity index (χ0v) is 12.9. The molecule has 2 amide bonds. The number of carbonyl (C=O) groups is 1. The molecule has 0 aliphatic heterocycles. The van der Waals surface area contributed by atoms with E-state index >= 15 is 0 Å². The summed E-state index contributed by atoms with van der Waals surface area (Å²) in [6, 6.07) is 11.6. The molecule has 0 aliphatic carbocycles. The molecule has 0 unspecified atom stereocenters. The Hall–Kier alpha value is -1.72. The molecule has 2 N–H and O–H groups in total. The lowest BCUT2D eigenvalue weighted by molar-refractivity contribution is 0.251. The fourth-order valence-corrected chi connectivity index (χ4v) is 2.26. The van der Waals surface area contributed by atoms with Crippen molar-refractivity contribution in [1.82, 2.24) is 5.32 Å². The molecule has 21 heavy (non-hydrogen) atoms. The fraction of sp³-hybridized carbons (Fsp3) is 0.133. The highest BCUT2D eigenvalue weighted by molar-refractivity contribution is 7.98. The Morgan fingerprint density at radius 3 is 2.57 bits per heavy atom. The molecule has 2 rings (SSSR count). The first kappa shape index (κ1) is 15.7. The number of thioether (sulfide) groups is 1. The van der Waals surface area contributed by atoms with Crippen LogP contribution in [0.2, 0.25) is 5.02 Å². The second kappa shape index (κ2) is 7.33. The smallest absolute Gasteiger partial charge is 0.319 e. The third kappa shape index (κ3) is 4.65. The number of urea groups is 1. The van der Waals surface area contributed by atoms with Crippen LogP contribution in [-0.4, -0.2) is 12.3 Å². The minimum atomic E-state index is -0.517. The van der Waals surface area contributed by atoms with E-state index in [9.17, 15) is 9.18 Å². The SMILES string of the molecule is CSc1ccc(CNC(=O)Nc2ccc(F)c(Cl)c2)cc1. The van der Waals surface area contributed by atoms with Gasteiger partial charge in [0.25, 0.3) is 0 Å². The van der Waals surface area contributed by atoms with Gasteiger partial charge in [0.1, 0.15) is 5.82 Å². The predicted octanol–water partition coefficient (Wildman–Crippen LogP) is 4.52. The highest BCUT2D eigenvalue weighted by Gasteiger charge is 2.05. The van der Waals surface area contributed by atoms with Crippen LogP contribution in [-0.2, 0) is 6.54 Å². The zero-order chi connectivity index (χ0) is 15.2. The Bertz CT molecular complexity index is 634. The average molecular weight is 325 g/mol. The number of carbonyl (C=O) groups excluding carboxylic acids is 1. The summed E-state index contributed by atoms with van der Waals surface area (Å²) in [6.45, 7) is 0.412. The van der Waals surface area contributed by atoms with E-state index in [1.54, 1.807) is 11.8 Å². The van der Waals surface area contributed by atoms with Gasteiger partial charge in [-0.3, -0.25) is 0 Å². The van der Waals surface area contributed by atoms with Gasteiger partial charge < -0.3 is 10.6 Å². The summed E-state index contributed by atoms with van der Waals surface area (Å²) in [4.78, 5) is 12.9. The monoisotopic (exact) mass is 324 g/mol. The second-order valence-electron chi connectivity index (χ2n) is 4.28. The lowest BCUT2D eigenvalue weighted by atomic mass is 10.2. The Labute approximate surface area is 131 Å². The number of rotatable bonds is 4. The van der Waals surface area contributed by atoms with Gasteiger partial charge in [0.05, 0.1) is 5.02 Å². The third-order valence-corrected chi connectivity index (χ3v) is 3.82. The number of nitrogens with one attached hydrogen (secondary N) is 2. The molecule has 0 saturated heterocycles. The summed E-state index contributed by atoms with van der Waals surface area (Å²) < 4.78 is 13.0. The van der Waals surface area contributed by atoms with Crippen molar-refractivity contribution in [3.8, 4) is 0 Å². The topological polar surface area (TPSA) is 41.1 Å². The number of anilines is 1. The second-order valence-corrected chi connectivity index (χ2v) is 5.57. The molecule has 0 bridgehead atoms. The van der Waals surface area contributed by atoms with Gasteiger partial charge in [0, 0.05) is 17.1 Å². The number of benzene rings is 2. The Morgan fingerprint density at radius 1 is 1.24 bits per heavy atom. The average Bonchev–Trinajstić information content (AvgIpc) is 2.49. The molecule has 110 valence electrons. The number of hydrogen-bond donors (Lipinski definition) is 2. The highest BCUT2D eigenvalue weighted by Crippen LogP contribution is 2.19. The first-order chi connectivity index (χ1) is 10.1. The first-order valence-electron chi connectivity index (χ1n) is 6.21. The molecular weight excluding hydrogens is 311 g/mol. The van der Waals surface area contributed by atoms with Crippen molar-refractivity contribution in [2.75, 3.05) is 11.6 Å². The largest absolute Gasteiger partial charge is 0.334 e. The van der Waals surface area contributed by atoms with Crippen LogP contribution in [0.4, 0.5) is 14.9 Å². The molecule has 0 aromatic heterocycles. The van der Waals surface area contributed by atoms with Gasteiger partial charge in [-0.25, -0.2) is 9.18 Å². The molecule has 0 saturated carbocycles. The summed E-state index contributed by atoms with van der Waals surface area (Å²) in [5, 5.41) is 5.30. The standard InChI is InChI=1S/C15H14ClFN2OS/c1-21-12-5-2-10(3-6-12)9-18-15(20)19-11-4-7-14(17)13(16)8-11/h2-8H,9H2,1H3,(H2,18,19,20). The Morgan fingerprint density at radius 2 is 1.95 bits per heavy atom. The normalized spacial score (nSPS) is 10.2. The van der Waals surface area contributed by atoms with Gasteiger partial charge in [0.2, 0.25) is 0 Å². The molecule has 0 spiro atoms. The summed E-state index contributed by atoms with van der Waals surface area (Å²) in [5.41, 5.74) is 1.44. The van der Waals surface area contributed by atoms with E-state index in [-0.39, 0.29) is 11.1 Å². The van der Waals surface area contributed by atoms with Crippen LogP contribution in [0.1, 0.15) is 5.56 Å². The molecule has 2 aromatic rings. The maximum Gasteiger partial charge on any atom is 0.319 e. The quantitative estimate of drug-likeness (QED) is 0.812. The van der Waals surface area contributed by atoms with Crippen molar-refractivity contribution in [1.29, 1.82) is 0 Å². The van der Waals surface area contributed by atoms with Gasteiger partial charge in [0.15, 0.2) is 0 Å². The molecular formula is C15H14ClFN2OS. The summed E-state index contributed by atoms with van der Waals surface area (Å²) in [5.74, 6) is -0.517. The lowest BCUT2D eigenvalue weighted by Crippen LogP contribution is -2.28. The van der Waals surface area contributed by atoms with Crippen LogP contribution in [0.5, 0.6) is 0 Å². The molecule has 0 fully saturated rings. The highest BCUT2D eigenvalue weighted by atomic mass is 35.5. The minimum Gasteiger partial charge on any atom is -0.334 e. The van der Waals surface area contributed by atoms with Gasteiger partial charge in [-0.1, -0.05) is 23.7 Å². The van der Waals surface area contributed by atoms with Crippen molar-refractivity contribution >= 4 is 35.1 Å². The van der Waals surface area contributed by atoms with Crippen LogP contribution < -0.4 is 10.6 Å².